The van der Waals surface area contributed by atoms with Gasteiger partial charge in [0.15, 0.2) is 0 Å². The number of nitrogen functional groups attached to an aromatic ring is 1. The fourth-order valence-corrected chi connectivity index (χ4v) is 1.74. The predicted octanol–water partition coefficient (Wildman–Crippen LogP) is 3.17. The van der Waals surface area contributed by atoms with E-state index in [4.69, 9.17) is 10.8 Å². The van der Waals surface area contributed by atoms with Crippen LogP contribution in [0.1, 0.15) is 37.7 Å². The molecular weight excluding hydrogens is 238 g/mol. The van der Waals surface area contributed by atoms with Crippen LogP contribution in [0.5, 0.6) is 0 Å². The molecule has 0 bridgehead atoms. The normalized spacial score (nSPS) is 10.9. The smallest absolute Gasteiger partial charge is 0.265 e. The van der Waals surface area contributed by atoms with Crippen LogP contribution < -0.4 is 11.1 Å². The molecule has 0 fully saturated rings. The van der Waals surface area contributed by atoms with Crippen LogP contribution in [-0.2, 0) is 0 Å². The minimum absolute atomic E-state index is 0.0506. The number of rotatable bonds is 8. The molecular formula is C13H20F2N2O. The zero-order valence-electron chi connectivity index (χ0n) is 10.3. The third-order valence-corrected chi connectivity index (χ3v) is 2.71. The van der Waals surface area contributed by atoms with E-state index >= 15 is 0 Å². The van der Waals surface area contributed by atoms with Gasteiger partial charge in [-0.3, -0.25) is 0 Å². The molecule has 0 aliphatic rings. The van der Waals surface area contributed by atoms with Crippen molar-refractivity contribution in [2.75, 3.05) is 24.2 Å². The molecule has 0 amide bonds. The summed E-state index contributed by atoms with van der Waals surface area (Å²) in [5, 5.41) is 11.6. The molecule has 0 heterocycles. The molecule has 3 nitrogen and oxygen atoms in total. The van der Waals surface area contributed by atoms with Crippen molar-refractivity contribution in [3.63, 3.8) is 0 Å². The maximum absolute atomic E-state index is 12.8. The molecule has 0 radical (unpaired) electrons. The van der Waals surface area contributed by atoms with Crippen LogP contribution in [0.4, 0.5) is 20.2 Å². The van der Waals surface area contributed by atoms with E-state index < -0.39 is 6.43 Å². The van der Waals surface area contributed by atoms with E-state index in [2.05, 4.69) is 5.32 Å². The molecule has 0 unspecified atom stereocenters. The third-order valence-electron chi connectivity index (χ3n) is 2.71. The van der Waals surface area contributed by atoms with Crippen LogP contribution in [0.3, 0.4) is 0 Å². The quantitative estimate of drug-likeness (QED) is 0.496. The summed E-state index contributed by atoms with van der Waals surface area (Å²) in [6, 6.07) is 4.50. The molecule has 1 aromatic rings. The zero-order valence-corrected chi connectivity index (χ0v) is 10.3. The maximum Gasteiger partial charge on any atom is 0.265 e. The summed E-state index contributed by atoms with van der Waals surface area (Å²) in [5.74, 6) is 0. The fourth-order valence-electron chi connectivity index (χ4n) is 1.74. The van der Waals surface area contributed by atoms with Crippen molar-refractivity contribution in [3.8, 4) is 0 Å². The molecule has 0 aliphatic carbocycles. The first-order chi connectivity index (χ1) is 8.65. The Balaban J connectivity index is 2.42. The highest BCUT2D eigenvalue weighted by Gasteiger charge is 2.12. The number of unbranched alkanes of at least 4 members (excludes halogenated alkanes) is 3. The molecule has 1 aromatic carbocycles. The first-order valence-electron chi connectivity index (χ1n) is 6.17. The minimum atomic E-state index is -2.52. The van der Waals surface area contributed by atoms with Crippen LogP contribution in [0, 0.1) is 0 Å². The lowest BCUT2D eigenvalue weighted by molar-refractivity contribution is 0.152. The Morgan fingerprint density at radius 1 is 1.17 bits per heavy atom. The van der Waals surface area contributed by atoms with Gasteiger partial charge >= 0.3 is 0 Å². The van der Waals surface area contributed by atoms with Gasteiger partial charge in [0.05, 0.1) is 0 Å². The summed E-state index contributed by atoms with van der Waals surface area (Å²) in [4.78, 5) is 0. The first-order valence-corrected chi connectivity index (χ1v) is 6.17. The van der Waals surface area contributed by atoms with Gasteiger partial charge in [-0.15, -0.1) is 0 Å². The Morgan fingerprint density at radius 3 is 2.56 bits per heavy atom. The summed E-state index contributed by atoms with van der Waals surface area (Å²) in [5.41, 5.74) is 6.23. The number of hydrogen-bond acceptors (Lipinski definition) is 3. The third kappa shape index (κ3) is 4.87. The van der Waals surface area contributed by atoms with Gasteiger partial charge in [0.1, 0.15) is 0 Å². The summed E-state index contributed by atoms with van der Waals surface area (Å²) in [6.07, 6.45) is 1.11. The van der Waals surface area contributed by atoms with Crippen molar-refractivity contribution in [2.45, 2.75) is 32.1 Å². The maximum atomic E-state index is 12.8. The van der Waals surface area contributed by atoms with Gasteiger partial charge < -0.3 is 16.2 Å². The highest BCUT2D eigenvalue weighted by molar-refractivity contribution is 5.58. The van der Waals surface area contributed by atoms with Crippen molar-refractivity contribution in [2.24, 2.45) is 0 Å². The standard InChI is InChI=1S/C13H20F2N2O/c14-13(15)11-9-10(16)5-6-12(11)17-7-3-1-2-4-8-18/h5-6,9,13,17-18H,1-4,7-8,16H2. The van der Waals surface area contributed by atoms with E-state index in [1.807, 2.05) is 0 Å². The number of nitrogens with one attached hydrogen (secondary N) is 1. The minimum Gasteiger partial charge on any atom is -0.399 e. The van der Waals surface area contributed by atoms with Gasteiger partial charge in [0.25, 0.3) is 6.43 Å². The lowest BCUT2D eigenvalue weighted by atomic mass is 10.1. The molecule has 0 atom stereocenters. The van der Waals surface area contributed by atoms with Crippen molar-refractivity contribution in [3.05, 3.63) is 23.8 Å². The second-order valence-electron chi connectivity index (χ2n) is 4.21. The van der Waals surface area contributed by atoms with E-state index in [-0.39, 0.29) is 12.2 Å². The van der Waals surface area contributed by atoms with Gasteiger partial charge in [0, 0.05) is 30.1 Å². The summed E-state index contributed by atoms with van der Waals surface area (Å²) in [6.45, 7) is 0.857. The summed E-state index contributed by atoms with van der Waals surface area (Å²) >= 11 is 0. The van der Waals surface area contributed by atoms with Crippen LogP contribution in [-0.4, -0.2) is 18.3 Å². The number of nitrogens with two attached hydrogens (primary N) is 1. The number of benzene rings is 1. The molecule has 0 saturated carbocycles. The molecule has 4 N–H and O–H groups in total. The molecule has 18 heavy (non-hydrogen) atoms. The molecule has 0 spiro atoms. The predicted molar refractivity (Wildman–Crippen MR) is 69.9 cm³/mol. The van der Waals surface area contributed by atoms with E-state index in [0.717, 1.165) is 25.7 Å². The molecule has 102 valence electrons. The Hall–Kier alpha value is -1.36. The van der Waals surface area contributed by atoms with Crippen molar-refractivity contribution in [1.29, 1.82) is 0 Å². The topological polar surface area (TPSA) is 58.3 Å². The Kier molecular flexibility index (Phi) is 6.43. The zero-order chi connectivity index (χ0) is 13.4. The second-order valence-corrected chi connectivity index (χ2v) is 4.21. The van der Waals surface area contributed by atoms with Crippen LogP contribution >= 0.6 is 0 Å². The average Bonchev–Trinajstić information content (AvgIpc) is 2.35. The molecule has 0 aliphatic heterocycles. The number of halogens is 2. The van der Waals surface area contributed by atoms with Crippen LogP contribution in [0.15, 0.2) is 18.2 Å². The Bertz CT molecular complexity index is 359. The molecule has 1 rings (SSSR count). The van der Waals surface area contributed by atoms with Crippen molar-refractivity contribution < 1.29 is 13.9 Å². The lowest BCUT2D eigenvalue weighted by Crippen LogP contribution is -2.05. The van der Waals surface area contributed by atoms with E-state index in [1.165, 1.54) is 6.07 Å². The second kappa shape index (κ2) is 7.87. The van der Waals surface area contributed by atoms with Gasteiger partial charge in [-0.1, -0.05) is 12.8 Å². The average molecular weight is 258 g/mol. The Labute approximate surface area is 106 Å². The molecule has 0 aromatic heterocycles. The summed E-state index contributed by atoms with van der Waals surface area (Å²) < 4.78 is 25.5. The van der Waals surface area contributed by atoms with Gasteiger partial charge in [-0.25, -0.2) is 8.78 Å². The highest BCUT2D eigenvalue weighted by atomic mass is 19.3. The van der Waals surface area contributed by atoms with Gasteiger partial charge in [-0.2, -0.15) is 0 Å². The SMILES string of the molecule is Nc1ccc(NCCCCCCO)c(C(F)F)c1. The first kappa shape index (κ1) is 14.7. The largest absolute Gasteiger partial charge is 0.399 e. The number of hydrogen-bond donors (Lipinski definition) is 3. The fraction of sp³-hybridized carbons (Fsp3) is 0.538. The van der Waals surface area contributed by atoms with E-state index in [0.29, 0.717) is 17.9 Å². The summed E-state index contributed by atoms with van der Waals surface area (Å²) in [7, 11) is 0. The lowest BCUT2D eigenvalue weighted by Gasteiger charge is -2.12. The molecule has 5 heteroatoms. The molecule has 0 saturated heterocycles. The van der Waals surface area contributed by atoms with E-state index in [9.17, 15) is 8.78 Å². The number of aliphatic hydroxyl groups excluding tert-OH is 1. The van der Waals surface area contributed by atoms with Gasteiger partial charge in [-0.05, 0) is 31.0 Å². The monoisotopic (exact) mass is 258 g/mol. The number of aliphatic hydroxyl groups is 1. The van der Waals surface area contributed by atoms with Crippen LogP contribution in [0.2, 0.25) is 0 Å². The van der Waals surface area contributed by atoms with E-state index in [1.54, 1.807) is 12.1 Å². The highest BCUT2D eigenvalue weighted by Crippen LogP contribution is 2.28. The van der Waals surface area contributed by atoms with Crippen molar-refractivity contribution in [1.82, 2.24) is 0 Å². The van der Waals surface area contributed by atoms with Crippen molar-refractivity contribution >= 4 is 11.4 Å². The Morgan fingerprint density at radius 2 is 1.89 bits per heavy atom. The van der Waals surface area contributed by atoms with Gasteiger partial charge in [0.2, 0.25) is 0 Å². The van der Waals surface area contributed by atoms with Crippen LogP contribution in [0.25, 0.3) is 0 Å². The number of anilines is 2. The number of alkyl halides is 2.